The molecule has 1 amide bonds. The molecule has 1 aromatic heterocycles. The van der Waals surface area contributed by atoms with Gasteiger partial charge in [0.05, 0.1) is 17.6 Å². The molecule has 5 heteroatoms. The number of para-hydroxylation sites is 2. The Morgan fingerprint density at radius 1 is 1.04 bits per heavy atom. The van der Waals surface area contributed by atoms with Crippen molar-refractivity contribution in [3.05, 3.63) is 65.5 Å². The average molecular weight is 335 g/mol. The van der Waals surface area contributed by atoms with Gasteiger partial charge in [-0.05, 0) is 24.1 Å². The second kappa shape index (κ2) is 7.75. The molecule has 0 aliphatic rings. The van der Waals surface area contributed by atoms with E-state index in [0.29, 0.717) is 17.9 Å². The summed E-state index contributed by atoms with van der Waals surface area (Å²) in [5.74, 6) is 0.538. The fraction of sp³-hybridized carbons (Fsp3) is 0.250. The number of H-pyrrole nitrogens is 1. The lowest BCUT2D eigenvalue weighted by Crippen LogP contribution is -2.23. The maximum absolute atomic E-state index is 12.1. The van der Waals surface area contributed by atoms with E-state index in [1.165, 1.54) is 5.56 Å². The van der Waals surface area contributed by atoms with Gasteiger partial charge in [0, 0.05) is 18.4 Å². The zero-order valence-electron chi connectivity index (χ0n) is 14.2. The maximum atomic E-state index is 12.1. The molecule has 128 valence electrons. The van der Waals surface area contributed by atoms with Crippen LogP contribution in [-0.2, 0) is 17.8 Å². The Kier molecular flexibility index (Phi) is 5.23. The van der Waals surface area contributed by atoms with Gasteiger partial charge in [-0.15, -0.1) is 0 Å². The molecule has 2 aromatic carbocycles. The number of ketones is 1. The first-order valence-electron chi connectivity index (χ1n) is 8.48. The third kappa shape index (κ3) is 4.32. The molecule has 0 atom stereocenters. The molecule has 0 fully saturated rings. The van der Waals surface area contributed by atoms with Gasteiger partial charge in [0.15, 0.2) is 5.78 Å². The monoisotopic (exact) mass is 335 g/mol. The Labute approximate surface area is 146 Å². The molecule has 3 aromatic rings. The summed E-state index contributed by atoms with van der Waals surface area (Å²) in [7, 11) is 0. The highest BCUT2D eigenvalue weighted by Crippen LogP contribution is 2.11. The van der Waals surface area contributed by atoms with Crippen LogP contribution in [0.25, 0.3) is 11.0 Å². The maximum Gasteiger partial charge on any atom is 0.220 e. The van der Waals surface area contributed by atoms with Gasteiger partial charge in [0.25, 0.3) is 0 Å². The molecule has 0 unspecified atom stereocenters. The van der Waals surface area contributed by atoms with E-state index in [9.17, 15) is 9.59 Å². The van der Waals surface area contributed by atoms with Gasteiger partial charge in [-0.25, -0.2) is 4.98 Å². The number of rotatable bonds is 7. The number of aromatic nitrogens is 2. The number of amides is 1. The summed E-state index contributed by atoms with van der Waals surface area (Å²) < 4.78 is 0. The summed E-state index contributed by atoms with van der Waals surface area (Å²) in [6.07, 6.45) is 1.32. The van der Waals surface area contributed by atoms with Gasteiger partial charge in [0.1, 0.15) is 5.82 Å². The summed E-state index contributed by atoms with van der Waals surface area (Å²) in [5, 5.41) is 2.80. The van der Waals surface area contributed by atoms with E-state index in [2.05, 4.69) is 22.2 Å². The van der Waals surface area contributed by atoms with Crippen molar-refractivity contribution in [1.82, 2.24) is 15.3 Å². The summed E-state index contributed by atoms with van der Waals surface area (Å²) in [6, 6.07) is 15.3. The van der Waals surface area contributed by atoms with Crippen LogP contribution in [0.15, 0.2) is 48.5 Å². The first kappa shape index (κ1) is 16.9. The molecule has 25 heavy (non-hydrogen) atoms. The lowest BCUT2D eigenvalue weighted by molar-refractivity contribution is -0.121. The van der Waals surface area contributed by atoms with E-state index in [1.807, 2.05) is 48.5 Å². The van der Waals surface area contributed by atoms with Gasteiger partial charge in [-0.2, -0.15) is 0 Å². The molecule has 2 N–H and O–H groups in total. The van der Waals surface area contributed by atoms with E-state index < -0.39 is 0 Å². The van der Waals surface area contributed by atoms with Crippen LogP contribution in [0.1, 0.15) is 41.5 Å². The van der Waals surface area contributed by atoms with Crippen LogP contribution in [0.2, 0.25) is 0 Å². The van der Waals surface area contributed by atoms with Crippen molar-refractivity contribution in [2.24, 2.45) is 0 Å². The van der Waals surface area contributed by atoms with Crippen LogP contribution in [0, 0.1) is 0 Å². The van der Waals surface area contributed by atoms with Crippen LogP contribution < -0.4 is 5.32 Å². The predicted molar refractivity (Wildman–Crippen MR) is 97.3 cm³/mol. The summed E-state index contributed by atoms with van der Waals surface area (Å²) in [6.45, 7) is 2.40. The molecule has 0 spiro atoms. The predicted octanol–water partition coefficient (Wildman–Crippen LogP) is 3.40. The van der Waals surface area contributed by atoms with Crippen LogP contribution >= 0.6 is 0 Å². The lowest BCUT2D eigenvalue weighted by atomic mass is 10.0. The number of nitrogens with zero attached hydrogens (tertiary/aromatic N) is 1. The molecular weight excluding hydrogens is 314 g/mol. The Morgan fingerprint density at radius 2 is 1.80 bits per heavy atom. The van der Waals surface area contributed by atoms with Crippen LogP contribution in [0.4, 0.5) is 0 Å². The van der Waals surface area contributed by atoms with E-state index in [-0.39, 0.29) is 24.5 Å². The van der Waals surface area contributed by atoms with Gasteiger partial charge in [-0.3, -0.25) is 9.59 Å². The van der Waals surface area contributed by atoms with Crippen molar-refractivity contribution in [3.63, 3.8) is 0 Å². The third-order valence-corrected chi connectivity index (χ3v) is 4.15. The zero-order chi connectivity index (χ0) is 17.6. The first-order valence-corrected chi connectivity index (χ1v) is 8.48. The van der Waals surface area contributed by atoms with Gasteiger partial charge in [-0.1, -0.05) is 43.3 Å². The SMILES string of the molecule is CCc1ccc(C(=O)CCC(=O)NCc2nc3ccccc3[nH]2)cc1. The number of fused-ring (bicyclic) bond motifs is 1. The Balaban J connectivity index is 1.47. The minimum absolute atomic E-state index is 0.0125. The molecule has 0 saturated carbocycles. The lowest BCUT2D eigenvalue weighted by Gasteiger charge is -2.04. The zero-order valence-corrected chi connectivity index (χ0v) is 14.2. The molecule has 0 bridgehead atoms. The Hall–Kier alpha value is -2.95. The molecule has 5 nitrogen and oxygen atoms in total. The van der Waals surface area contributed by atoms with Crippen molar-refractivity contribution in [3.8, 4) is 0 Å². The smallest absolute Gasteiger partial charge is 0.220 e. The molecule has 0 aliphatic heterocycles. The van der Waals surface area contributed by atoms with Gasteiger partial charge >= 0.3 is 0 Å². The number of imidazole rings is 1. The first-order chi connectivity index (χ1) is 12.2. The van der Waals surface area contributed by atoms with Crippen molar-refractivity contribution < 1.29 is 9.59 Å². The van der Waals surface area contributed by atoms with Crippen molar-refractivity contribution in [2.45, 2.75) is 32.7 Å². The quantitative estimate of drug-likeness (QED) is 0.650. The largest absolute Gasteiger partial charge is 0.349 e. The van der Waals surface area contributed by atoms with Crippen molar-refractivity contribution in [1.29, 1.82) is 0 Å². The molecule has 3 rings (SSSR count). The molecule has 0 saturated heterocycles. The number of carbonyl (C=O) groups is 2. The number of Topliss-reactive ketones (excluding diaryl/α,β-unsaturated/α-hetero) is 1. The van der Waals surface area contributed by atoms with E-state index in [1.54, 1.807) is 0 Å². The topological polar surface area (TPSA) is 74.8 Å². The second-order valence-electron chi connectivity index (χ2n) is 5.95. The number of carbonyl (C=O) groups excluding carboxylic acids is 2. The van der Waals surface area contributed by atoms with Crippen molar-refractivity contribution in [2.75, 3.05) is 0 Å². The van der Waals surface area contributed by atoms with Crippen LogP contribution in [0.5, 0.6) is 0 Å². The fourth-order valence-electron chi connectivity index (χ4n) is 2.66. The van der Waals surface area contributed by atoms with E-state index in [4.69, 9.17) is 0 Å². The average Bonchev–Trinajstić information content (AvgIpc) is 3.07. The number of nitrogens with one attached hydrogen (secondary N) is 2. The minimum atomic E-state index is -0.154. The molecular formula is C20H21N3O2. The summed E-state index contributed by atoms with van der Waals surface area (Å²) in [4.78, 5) is 31.7. The molecule has 0 aliphatic carbocycles. The number of aryl methyl sites for hydroxylation is 1. The number of benzene rings is 2. The molecule has 1 heterocycles. The Bertz CT molecular complexity index is 848. The van der Waals surface area contributed by atoms with Gasteiger partial charge in [0.2, 0.25) is 5.91 Å². The normalized spacial score (nSPS) is 10.8. The summed E-state index contributed by atoms with van der Waals surface area (Å²) >= 11 is 0. The highest BCUT2D eigenvalue weighted by molar-refractivity contribution is 5.97. The number of aromatic amines is 1. The fourth-order valence-corrected chi connectivity index (χ4v) is 2.66. The molecule has 0 radical (unpaired) electrons. The Morgan fingerprint density at radius 3 is 2.52 bits per heavy atom. The van der Waals surface area contributed by atoms with Crippen LogP contribution in [0.3, 0.4) is 0 Å². The number of hydrogen-bond acceptors (Lipinski definition) is 3. The van der Waals surface area contributed by atoms with E-state index in [0.717, 1.165) is 17.5 Å². The third-order valence-electron chi connectivity index (χ3n) is 4.15. The highest BCUT2D eigenvalue weighted by atomic mass is 16.2. The minimum Gasteiger partial charge on any atom is -0.349 e. The van der Waals surface area contributed by atoms with Gasteiger partial charge < -0.3 is 10.3 Å². The standard InChI is InChI=1S/C20H21N3O2/c1-2-14-7-9-15(10-8-14)18(24)11-12-20(25)21-13-19-22-16-5-3-4-6-17(16)23-19/h3-10H,2,11-13H2,1H3,(H,21,25)(H,22,23). The van der Waals surface area contributed by atoms with Crippen LogP contribution in [-0.4, -0.2) is 21.7 Å². The second-order valence-corrected chi connectivity index (χ2v) is 5.95. The highest BCUT2D eigenvalue weighted by Gasteiger charge is 2.10. The van der Waals surface area contributed by atoms with E-state index >= 15 is 0 Å². The summed E-state index contributed by atoms with van der Waals surface area (Å²) in [5.41, 5.74) is 3.66. The van der Waals surface area contributed by atoms with Crippen molar-refractivity contribution >= 4 is 22.7 Å². The number of hydrogen-bond donors (Lipinski definition) is 2.